The number of benzene rings is 2. The van der Waals surface area contributed by atoms with Gasteiger partial charge in [0.15, 0.2) is 10.0 Å². The van der Waals surface area contributed by atoms with Gasteiger partial charge in [-0.1, -0.05) is 19.1 Å². The lowest BCUT2D eigenvalue weighted by molar-refractivity contribution is 0.339. The van der Waals surface area contributed by atoms with Gasteiger partial charge in [-0.15, -0.1) is 0 Å². The number of hydrogen-bond acceptors (Lipinski definition) is 5. The van der Waals surface area contributed by atoms with E-state index < -0.39 is 25.4 Å². The average molecular weight is 423 g/mol. The number of nitrogens with zero attached hydrogens (tertiary/aromatic N) is 2. The van der Waals surface area contributed by atoms with Gasteiger partial charge in [0, 0.05) is 12.1 Å². The van der Waals surface area contributed by atoms with Crippen LogP contribution < -0.4 is 9.46 Å². The summed E-state index contributed by atoms with van der Waals surface area (Å²) in [6, 6.07) is 11.6. The minimum Gasteiger partial charge on any atom is -0.563 e. The van der Waals surface area contributed by atoms with Crippen LogP contribution in [0.1, 0.15) is 18.1 Å². The molecule has 1 fully saturated rings. The van der Waals surface area contributed by atoms with Crippen LogP contribution in [0, 0.1) is 0 Å². The number of sulfonamides is 2. The summed E-state index contributed by atoms with van der Waals surface area (Å²) in [4.78, 5) is 0.118. The Morgan fingerprint density at radius 2 is 1.82 bits per heavy atom. The maximum atomic E-state index is 12.1. The van der Waals surface area contributed by atoms with Crippen LogP contribution in [0.25, 0.3) is 5.43 Å². The Balaban J connectivity index is 1.52. The molecule has 1 unspecified atom stereocenters. The zero-order valence-corrected chi connectivity index (χ0v) is 17.0. The van der Waals surface area contributed by atoms with Crippen LogP contribution in [0.4, 0.5) is 0 Å². The Hall–Kier alpha value is -1.98. The molecule has 0 spiro atoms. The second-order valence-electron chi connectivity index (χ2n) is 6.81. The Kier molecular flexibility index (Phi) is 4.71. The molecule has 1 N–H and O–H groups in total. The van der Waals surface area contributed by atoms with Gasteiger partial charge in [-0.2, -0.15) is 0 Å². The summed E-state index contributed by atoms with van der Waals surface area (Å²) in [6.07, 6.45) is 1.18. The summed E-state index contributed by atoms with van der Waals surface area (Å²) >= 11 is 0. The monoisotopic (exact) mass is 422 g/mol. The van der Waals surface area contributed by atoms with Gasteiger partial charge in [0.1, 0.15) is 11.5 Å². The van der Waals surface area contributed by atoms with E-state index in [1.165, 1.54) is 23.6 Å². The fraction of sp³-hybridized carbons (Fsp3) is 0.333. The van der Waals surface area contributed by atoms with E-state index >= 15 is 0 Å². The molecule has 2 aliphatic rings. The smallest absolute Gasteiger partial charge is 0.240 e. The molecule has 0 saturated carbocycles. The van der Waals surface area contributed by atoms with Crippen molar-refractivity contribution in [3.05, 3.63) is 59.0 Å². The molecule has 1 saturated heterocycles. The average Bonchev–Trinajstić information content (AvgIpc) is 3.08. The lowest BCUT2D eigenvalue weighted by Gasteiger charge is -2.55. The zero-order valence-electron chi connectivity index (χ0n) is 15.4. The fourth-order valence-corrected chi connectivity index (χ4v) is 5.45. The molecule has 28 heavy (non-hydrogen) atoms. The minimum atomic E-state index is -3.55. The van der Waals surface area contributed by atoms with Gasteiger partial charge in [-0.25, -0.2) is 21.6 Å². The summed E-state index contributed by atoms with van der Waals surface area (Å²) < 4.78 is 57.4. The first-order valence-electron chi connectivity index (χ1n) is 8.78. The molecule has 150 valence electrons. The van der Waals surface area contributed by atoms with Crippen molar-refractivity contribution in [3.8, 4) is 11.5 Å². The molecule has 2 aromatic rings. The predicted molar refractivity (Wildman–Crippen MR) is 104 cm³/mol. The van der Waals surface area contributed by atoms with E-state index in [-0.39, 0.29) is 10.9 Å². The summed E-state index contributed by atoms with van der Waals surface area (Å²) in [7, 11) is -5.51. The highest BCUT2D eigenvalue weighted by molar-refractivity contribution is 7.91. The largest absolute Gasteiger partial charge is 0.563 e. The number of fused-ring (bicyclic) bond motifs is 1. The first-order valence-corrected chi connectivity index (χ1v) is 11.8. The summed E-state index contributed by atoms with van der Waals surface area (Å²) in [5, 5.41) is -0.670. The van der Waals surface area contributed by atoms with E-state index in [2.05, 4.69) is 10.1 Å². The molecule has 10 heteroatoms. The molecule has 0 amide bonds. The maximum Gasteiger partial charge on any atom is 0.240 e. The number of rotatable bonds is 5. The van der Waals surface area contributed by atoms with Gasteiger partial charge in [0.2, 0.25) is 10.0 Å². The highest BCUT2D eigenvalue weighted by Crippen LogP contribution is 2.39. The van der Waals surface area contributed by atoms with E-state index in [1.807, 2.05) is 12.1 Å². The van der Waals surface area contributed by atoms with Crippen molar-refractivity contribution in [3.63, 3.8) is 0 Å². The Morgan fingerprint density at radius 1 is 1.11 bits per heavy atom. The molecule has 0 bridgehead atoms. The van der Waals surface area contributed by atoms with Crippen LogP contribution in [0.2, 0.25) is 0 Å². The van der Waals surface area contributed by atoms with Crippen LogP contribution in [0.15, 0.2) is 47.4 Å². The molecule has 0 radical (unpaired) electrons. The van der Waals surface area contributed by atoms with Crippen LogP contribution in [-0.4, -0.2) is 39.7 Å². The first-order chi connectivity index (χ1) is 13.2. The molecule has 1 aliphatic carbocycles. The Morgan fingerprint density at radius 3 is 2.50 bits per heavy atom. The normalized spacial score (nSPS) is 23.8. The van der Waals surface area contributed by atoms with Crippen molar-refractivity contribution in [2.24, 2.45) is 0 Å². The number of ether oxygens (including phenoxy) is 1. The van der Waals surface area contributed by atoms with Gasteiger partial charge < -0.3 is 10.2 Å². The lowest BCUT2D eigenvalue weighted by atomic mass is 10.1. The summed E-state index contributed by atoms with van der Waals surface area (Å²) in [5.74, 6) is 0.968. The van der Waals surface area contributed by atoms with Crippen LogP contribution in [0.3, 0.4) is 0 Å². The van der Waals surface area contributed by atoms with Gasteiger partial charge in [-0.05, 0) is 60.7 Å². The van der Waals surface area contributed by atoms with E-state index in [4.69, 9.17) is 4.74 Å². The van der Waals surface area contributed by atoms with Crippen molar-refractivity contribution >= 4 is 20.0 Å². The van der Waals surface area contributed by atoms with E-state index in [0.29, 0.717) is 24.3 Å². The molecular formula is C18H20N3O5S2-. The van der Waals surface area contributed by atoms with Gasteiger partial charge >= 0.3 is 0 Å². The van der Waals surface area contributed by atoms with Crippen molar-refractivity contribution in [2.45, 2.75) is 36.1 Å². The summed E-state index contributed by atoms with van der Waals surface area (Å²) in [6.45, 7) is 1.57. The second-order valence-corrected chi connectivity index (χ2v) is 10.8. The zero-order chi connectivity index (χ0) is 20.1. The van der Waals surface area contributed by atoms with E-state index in [1.54, 1.807) is 25.1 Å². The van der Waals surface area contributed by atoms with E-state index in [9.17, 15) is 16.8 Å². The van der Waals surface area contributed by atoms with Crippen molar-refractivity contribution in [2.75, 3.05) is 7.05 Å². The summed E-state index contributed by atoms with van der Waals surface area (Å²) in [5.41, 5.74) is 6.19. The maximum absolute atomic E-state index is 12.1. The first kappa shape index (κ1) is 19.3. The van der Waals surface area contributed by atoms with Gasteiger partial charge in [0.25, 0.3) is 0 Å². The highest BCUT2D eigenvalue weighted by Gasteiger charge is 2.36. The third-order valence-electron chi connectivity index (χ3n) is 4.99. The predicted octanol–water partition coefficient (Wildman–Crippen LogP) is 2.13. The molecule has 4 rings (SSSR count). The quantitative estimate of drug-likeness (QED) is 0.794. The lowest BCUT2D eigenvalue weighted by Crippen LogP contribution is -2.52. The van der Waals surface area contributed by atoms with Crippen LogP contribution in [0.5, 0.6) is 11.5 Å². The van der Waals surface area contributed by atoms with Gasteiger partial charge in [-0.3, -0.25) is 4.41 Å². The van der Waals surface area contributed by atoms with Crippen molar-refractivity contribution in [1.29, 1.82) is 0 Å². The Labute approximate surface area is 164 Å². The number of nitrogens with one attached hydrogen (secondary N) is 1. The number of hydrogen-bond donors (Lipinski definition) is 1. The Bertz CT molecular complexity index is 1130. The SMILES string of the molecule is CNS(=O)(=O)c1cccc(Oc2ccc3c(c2)C[C@H](N2[N-]C(C)S2(=O)=O)C3)c1. The molecular weight excluding hydrogens is 402 g/mol. The molecule has 8 nitrogen and oxygen atoms in total. The molecule has 0 aromatic heterocycles. The second kappa shape index (κ2) is 6.82. The third-order valence-corrected chi connectivity index (χ3v) is 8.27. The van der Waals surface area contributed by atoms with Gasteiger partial charge in [0.05, 0.1) is 4.90 Å². The van der Waals surface area contributed by atoms with Crippen LogP contribution in [-0.2, 0) is 32.9 Å². The van der Waals surface area contributed by atoms with Crippen LogP contribution >= 0.6 is 0 Å². The van der Waals surface area contributed by atoms with E-state index in [0.717, 1.165) is 11.1 Å². The third kappa shape index (κ3) is 3.31. The molecule has 1 heterocycles. The van der Waals surface area contributed by atoms with Crippen molar-refractivity contribution in [1.82, 2.24) is 9.14 Å². The van der Waals surface area contributed by atoms with Crippen molar-refractivity contribution < 1.29 is 21.6 Å². The molecule has 2 aromatic carbocycles. The molecule has 2 atom stereocenters. The minimum absolute atomic E-state index is 0.118. The topological polar surface area (TPSA) is 107 Å². The fourth-order valence-electron chi connectivity index (χ4n) is 3.45. The molecule has 1 aliphatic heterocycles. The standard InChI is InChI=1S/C18H20N3O5S2/c1-12-20-21(28(12,24)25)15-8-13-6-7-17(10-14(13)9-15)26-16-4-3-5-18(11-16)27(22,23)19-2/h3-7,10-12,15,19H,8-9H2,1-2H3/q-1/t12?,15-/m1/s1. The highest BCUT2D eigenvalue weighted by atomic mass is 32.2.